The zero-order chi connectivity index (χ0) is 13.7. The highest BCUT2D eigenvalue weighted by Crippen LogP contribution is 2.16. The fourth-order valence-electron chi connectivity index (χ4n) is 1.58. The summed E-state index contributed by atoms with van der Waals surface area (Å²) in [6.45, 7) is 4.31. The quantitative estimate of drug-likeness (QED) is 0.877. The highest BCUT2D eigenvalue weighted by Gasteiger charge is 2.14. The molecule has 0 fully saturated rings. The summed E-state index contributed by atoms with van der Waals surface area (Å²) >= 11 is 3.08. The minimum atomic E-state index is -0.509. The molecule has 0 aliphatic heterocycles. The minimum Gasteiger partial charge on any atom is -0.351 e. The molecule has 1 rings (SSSR count). The summed E-state index contributed by atoms with van der Waals surface area (Å²) in [6.07, 6.45) is 0.639. The number of carbonyl (C=O) groups excluding carboxylic acids is 1. The third kappa shape index (κ3) is 4.74. The number of amides is 1. The molecule has 0 aliphatic rings. The molecule has 0 bridgehead atoms. The lowest BCUT2D eigenvalue weighted by molar-refractivity contribution is -0.122. The highest BCUT2D eigenvalue weighted by atomic mass is 79.9. The van der Waals surface area contributed by atoms with Crippen molar-refractivity contribution in [3.05, 3.63) is 34.1 Å². The molecule has 0 spiro atoms. The Morgan fingerprint density at radius 3 is 2.72 bits per heavy atom. The predicted octanol–water partition coefficient (Wildman–Crippen LogP) is 2.58. The number of nitrogens with one attached hydrogen (secondary N) is 1. The molecule has 1 aromatic rings. The van der Waals surface area contributed by atoms with E-state index in [2.05, 4.69) is 21.2 Å². The largest absolute Gasteiger partial charge is 0.351 e. The second kappa shape index (κ2) is 6.85. The molecule has 0 radical (unpaired) electrons. The van der Waals surface area contributed by atoms with Gasteiger partial charge in [-0.25, -0.2) is 4.39 Å². The highest BCUT2D eigenvalue weighted by molar-refractivity contribution is 9.10. The second-order valence-corrected chi connectivity index (χ2v) is 5.56. The van der Waals surface area contributed by atoms with Gasteiger partial charge in [0.15, 0.2) is 0 Å². The Balaban J connectivity index is 2.49. The molecule has 0 aliphatic carbocycles. The van der Waals surface area contributed by atoms with Gasteiger partial charge in [0, 0.05) is 6.54 Å². The van der Waals surface area contributed by atoms with Crippen LogP contribution < -0.4 is 11.1 Å². The molecule has 5 heteroatoms. The van der Waals surface area contributed by atoms with E-state index in [-0.39, 0.29) is 18.3 Å². The molecule has 0 aromatic heterocycles. The number of hydrogen-bond acceptors (Lipinski definition) is 2. The summed E-state index contributed by atoms with van der Waals surface area (Å²) in [6, 6.07) is 4.25. The Kier molecular flexibility index (Phi) is 5.75. The van der Waals surface area contributed by atoms with Crippen LogP contribution in [0, 0.1) is 11.7 Å². The maximum absolute atomic E-state index is 13.2. The van der Waals surface area contributed by atoms with Gasteiger partial charge in [-0.3, -0.25) is 4.79 Å². The summed E-state index contributed by atoms with van der Waals surface area (Å²) in [5.41, 5.74) is 6.45. The lowest BCUT2D eigenvalue weighted by Crippen LogP contribution is -2.41. The molecule has 0 saturated carbocycles. The maximum atomic E-state index is 13.2. The molecule has 1 aromatic carbocycles. The number of halogens is 2. The number of benzene rings is 1. The van der Waals surface area contributed by atoms with Gasteiger partial charge >= 0.3 is 0 Å². The Bertz CT molecular complexity index is 423. The van der Waals surface area contributed by atoms with E-state index in [9.17, 15) is 9.18 Å². The summed E-state index contributed by atoms with van der Waals surface area (Å²) in [4.78, 5) is 11.7. The topological polar surface area (TPSA) is 55.1 Å². The van der Waals surface area contributed by atoms with Crippen LogP contribution in [-0.4, -0.2) is 11.9 Å². The summed E-state index contributed by atoms with van der Waals surface area (Å²) in [5.74, 6) is -0.170. The van der Waals surface area contributed by atoms with Crippen molar-refractivity contribution >= 4 is 21.8 Å². The maximum Gasteiger partial charge on any atom is 0.237 e. The minimum absolute atomic E-state index is 0.202. The first-order valence-electron chi connectivity index (χ1n) is 5.87. The molecular formula is C13H18BrFN2O. The third-order valence-corrected chi connectivity index (χ3v) is 3.16. The zero-order valence-corrected chi connectivity index (χ0v) is 12.1. The monoisotopic (exact) mass is 316 g/mol. The van der Waals surface area contributed by atoms with Crippen LogP contribution in [0.1, 0.15) is 25.8 Å². The number of hydrogen-bond donors (Lipinski definition) is 2. The molecular weight excluding hydrogens is 299 g/mol. The second-order valence-electron chi connectivity index (χ2n) is 4.70. The van der Waals surface area contributed by atoms with Gasteiger partial charge in [-0.05, 0) is 46.0 Å². The van der Waals surface area contributed by atoms with E-state index in [4.69, 9.17) is 5.73 Å². The van der Waals surface area contributed by atoms with E-state index >= 15 is 0 Å². The van der Waals surface area contributed by atoms with E-state index in [0.29, 0.717) is 22.4 Å². The first-order valence-corrected chi connectivity index (χ1v) is 6.66. The molecule has 0 unspecified atom stereocenters. The van der Waals surface area contributed by atoms with Gasteiger partial charge in [0.1, 0.15) is 5.82 Å². The Morgan fingerprint density at radius 1 is 1.50 bits per heavy atom. The first-order chi connectivity index (χ1) is 8.40. The lowest BCUT2D eigenvalue weighted by atomic mass is 10.0. The summed E-state index contributed by atoms with van der Waals surface area (Å²) < 4.78 is 13.7. The van der Waals surface area contributed by atoms with E-state index in [1.54, 1.807) is 12.1 Å². The van der Waals surface area contributed by atoms with Crippen molar-refractivity contribution in [2.24, 2.45) is 11.7 Å². The van der Waals surface area contributed by atoms with Crippen LogP contribution in [0.25, 0.3) is 0 Å². The standard InChI is InChI=1S/C13H18BrFN2O/c1-8(2)5-12(16)13(18)17-7-9-3-4-10(14)11(15)6-9/h3-4,6,8,12H,5,7,16H2,1-2H3,(H,17,18)/t12-/m0/s1. The Morgan fingerprint density at radius 2 is 2.17 bits per heavy atom. The van der Waals surface area contributed by atoms with E-state index < -0.39 is 6.04 Å². The Labute approximate surface area is 115 Å². The van der Waals surface area contributed by atoms with Crippen LogP contribution in [0.2, 0.25) is 0 Å². The number of nitrogens with two attached hydrogens (primary N) is 1. The van der Waals surface area contributed by atoms with Crippen molar-refractivity contribution in [2.45, 2.75) is 32.9 Å². The van der Waals surface area contributed by atoms with Gasteiger partial charge in [0.05, 0.1) is 10.5 Å². The van der Waals surface area contributed by atoms with Crippen molar-refractivity contribution in [3.63, 3.8) is 0 Å². The fraction of sp³-hybridized carbons (Fsp3) is 0.462. The predicted molar refractivity (Wildman–Crippen MR) is 73.4 cm³/mol. The third-order valence-electron chi connectivity index (χ3n) is 2.51. The number of carbonyl (C=O) groups is 1. The van der Waals surface area contributed by atoms with Crippen LogP contribution in [-0.2, 0) is 11.3 Å². The van der Waals surface area contributed by atoms with E-state index in [1.165, 1.54) is 6.07 Å². The molecule has 1 amide bonds. The average molecular weight is 317 g/mol. The van der Waals surface area contributed by atoms with Crippen molar-refractivity contribution in [3.8, 4) is 0 Å². The van der Waals surface area contributed by atoms with Gasteiger partial charge in [0.2, 0.25) is 5.91 Å². The van der Waals surface area contributed by atoms with Crippen LogP contribution in [0.3, 0.4) is 0 Å². The molecule has 3 nitrogen and oxygen atoms in total. The Hall–Kier alpha value is -0.940. The van der Waals surface area contributed by atoms with E-state index in [0.717, 1.165) is 0 Å². The molecule has 1 atom stereocenters. The molecule has 3 N–H and O–H groups in total. The molecule has 100 valence electrons. The average Bonchev–Trinajstić information content (AvgIpc) is 2.29. The van der Waals surface area contributed by atoms with Crippen molar-refractivity contribution in [1.29, 1.82) is 0 Å². The van der Waals surface area contributed by atoms with Crippen molar-refractivity contribution in [2.75, 3.05) is 0 Å². The fourth-order valence-corrected chi connectivity index (χ4v) is 1.83. The lowest BCUT2D eigenvalue weighted by Gasteiger charge is -2.14. The normalized spacial score (nSPS) is 12.6. The zero-order valence-electron chi connectivity index (χ0n) is 10.5. The SMILES string of the molecule is CC(C)C[C@H](N)C(=O)NCc1ccc(Br)c(F)c1. The van der Waals surface area contributed by atoms with Crippen LogP contribution in [0.5, 0.6) is 0 Å². The van der Waals surface area contributed by atoms with Gasteiger partial charge in [-0.1, -0.05) is 19.9 Å². The van der Waals surface area contributed by atoms with Gasteiger partial charge < -0.3 is 11.1 Å². The van der Waals surface area contributed by atoms with Crippen LogP contribution >= 0.6 is 15.9 Å². The van der Waals surface area contributed by atoms with Crippen molar-refractivity contribution < 1.29 is 9.18 Å². The van der Waals surface area contributed by atoms with Crippen LogP contribution in [0.4, 0.5) is 4.39 Å². The first kappa shape index (κ1) is 15.1. The smallest absolute Gasteiger partial charge is 0.237 e. The van der Waals surface area contributed by atoms with Gasteiger partial charge in [-0.2, -0.15) is 0 Å². The van der Waals surface area contributed by atoms with Crippen molar-refractivity contribution in [1.82, 2.24) is 5.32 Å². The van der Waals surface area contributed by atoms with E-state index in [1.807, 2.05) is 13.8 Å². The molecule has 18 heavy (non-hydrogen) atoms. The molecule has 0 saturated heterocycles. The van der Waals surface area contributed by atoms with Crippen LogP contribution in [0.15, 0.2) is 22.7 Å². The van der Waals surface area contributed by atoms with Gasteiger partial charge in [0.25, 0.3) is 0 Å². The summed E-state index contributed by atoms with van der Waals surface area (Å²) in [5, 5.41) is 2.70. The van der Waals surface area contributed by atoms with Gasteiger partial charge in [-0.15, -0.1) is 0 Å². The number of rotatable bonds is 5. The molecule has 0 heterocycles. The summed E-state index contributed by atoms with van der Waals surface area (Å²) in [7, 11) is 0.